The number of nitrogens with one attached hydrogen (secondary N) is 1. The van der Waals surface area contributed by atoms with E-state index < -0.39 is 0 Å². The summed E-state index contributed by atoms with van der Waals surface area (Å²) >= 11 is 0. The molecule has 0 bridgehead atoms. The zero-order valence-electron chi connectivity index (χ0n) is 30.0. The molecule has 0 fully saturated rings. The molecule has 10 rings (SSSR count). The van der Waals surface area contributed by atoms with Gasteiger partial charge in [0, 0.05) is 17.0 Å². The van der Waals surface area contributed by atoms with Crippen molar-refractivity contribution in [3.8, 4) is 33.4 Å². The minimum Gasteiger partial charge on any atom is -0.378 e. The van der Waals surface area contributed by atoms with Crippen molar-refractivity contribution in [3.05, 3.63) is 210 Å². The molecule has 0 spiro atoms. The van der Waals surface area contributed by atoms with E-state index in [0.717, 1.165) is 18.5 Å². The van der Waals surface area contributed by atoms with E-state index in [1.165, 1.54) is 77.2 Å². The maximum Gasteiger partial charge on any atom is 0.0551 e. The van der Waals surface area contributed by atoms with Crippen molar-refractivity contribution in [2.24, 2.45) is 5.41 Å². The molecule has 3 aliphatic rings. The van der Waals surface area contributed by atoms with Crippen LogP contribution in [0.1, 0.15) is 36.0 Å². The van der Waals surface area contributed by atoms with Crippen molar-refractivity contribution < 1.29 is 0 Å². The minimum atomic E-state index is -0.0376. The van der Waals surface area contributed by atoms with E-state index in [1.807, 2.05) is 0 Å². The summed E-state index contributed by atoms with van der Waals surface area (Å²) < 4.78 is 0. The van der Waals surface area contributed by atoms with Crippen LogP contribution < -0.4 is 5.32 Å². The number of anilines is 1. The van der Waals surface area contributed by atoms with Gasteiger partial charge in [0.15, 0.2) is 0 Å². The molecule has 7 aromatic carbocycles. The topological polar surface area (TPSA) is 12.0 Å². The van der Waals surface area contributed by atoms with Gasteiger partial charge in [-0.1, -0.05) is 171 Å². The Bertz CT molecular complexity index is 2650. The Morgan fingerprint density at radius 1 is 0.604 bits per heavy atom. The Labute approximate surface area is 312 Å². The Hall–Kier alpha value is -6.18. The number of benzene rings is 7. The largest absolute Gasteiger partial charge is 0.378 e. The fourth-order valence-corrected chi connectivity index (χ4v) is 8.92. The molecule has 7 aromatic rings. The summed E-state index contributed by atoms with van der Waals surface area (Å²) in [6, 6.07) is 53.9. The van der Waals surface area contributed by atoms with Gasteiger partial charge >= 0.3 is 0 Å². The Morgan fingerprint density at radius 2 is 1.32 bits per heavy atom. The van der Waals surface area contributed by atoms with Gasteiger partial charge in [0.25, 0.3) is 0 Å². The van der Waals surface area contributed by atoms with Crippen LogP contribution in [0.15, 0.2) is 194 Å². The number of fused-ring (bicyclic) bond motifs is 6. The number of hydrogen-bond donors (Lipinski definition) is 1. The lowest BCUT2D eigenvalue weighted by molar-refractivity contribution is 0.520. The predicted octanol–water partition coefficient (Wildman–Crippen LogP) is 13.5. The third-order valence-corrected chi connectivity index (χ3v) is 11.9. The molecule has 0 amide bonds. The average molecular weight is 680 g/mol. The normalized spacial score (nSPS) is 20.0. The van der Waals surface area contributed by atoms with Gasteiger partial charge in [-0.15, -0.1) is 0 Å². The Kier molecular flexibility index (Phi) is 7.62. The van der Waals surface area contributed by atoms with Crippen molar-refractivity contribution in [3.63, 3.8) is 0 Å². The minimum absolute atomic E-state index is 0.0376. The average Bonchev–Trinajstić information content (AvgIpc) is 3.59. The van der Waals surface area contributed by atoms with Crippen LogP contribution in [0.2, 0.25) is 0 Å². The molecule has 1 nitrogen and oxygen atoms in total. The summed E-state index contributed by atoms with van der Waals surface area (Å²) in [5, 5.41) is 9.24. The van der Waals surface area contributed by atoms with E-state index >= 15 is 0 Å². The third-order valence-electron chi connectivity index (χ3n) is 11.9. The monoisotopic (exact) mass is 679 g/mol. The Morgan fingerprint density at radius 3 is 2.15 bits per heavy atom. The van der Waals surface area contributed by atoms with Crippen LogP contribution in [-0.4, -0.2) is 6.04 Å². The molecule has 0 saturated heterocycles. The maximum atomic E-state index is 3.97. The first-order valence-electron chi connectivity index (χ1n) is 18.9. The zero-order chi connectivity index (χ0) is 35.4. The van der Waals surface area contributed by atoms with Gasteiger partial charge in [-0.25, -0.2) is 0 Å². The fourth-order valence-electron chi connectivity index (χ4n) is 8.92. The first kappa shape index (κ1) is 31.5. The molecule has 1 N–H and O–H groups in total. The van der Waals surface area contributed by atoms with Gasteiger partial charge in [-0.05, 0) is 114 Å². The van der Waals surface area contributed by atoms with E-state index in [2.05, 4.69) is 200 Å². The number of hydrogen-bond acceptors (Lipinski definition) is 1. The lowest BCUT2D eigenvalue weighted by Gasteiger charge is -2.35. The second-order valence-electron chi connectivity index (χ2n) is 15.2. The molecule has 53 heavy (non-hydrogen) atoms. The molecule has 0 heterocycles. The van der Waals surface area contributed by atoms with Crippen molar-refractivity contribution in [2.75, 3.05) is 5.32 Å². The Balaban J connectivity index is 1.06. The lowest BCUT2D eigenvalue weighted by atomic mass is 9.71. The second kappa shape index (κ2) is 12.8. The molecule has 0 radical (unpaired) electrons. The van der Waals surface area contributed by atoms with Gasteiger partial charge in [-0.3, -0.25) is 0 Å². The highest BCUT2D eigenvalue weighted by molar-refractivity contribution is 5.98. The standard InChI is InChI=1S/C52H41N/c1-52(28-10-3-11-29-52)42-23-27-51(53-43-24-20-37(21-25-43)35-12-4-2-5-13-35)50(33-42)49-34-48-44-26-22-40(39-19-18-36-14-6-7-15-38(36)30-39)31-41(44)32-47(48)45-16-8-9-17-46(45)49/h2-28,30-31,33-34,50-51,53H,29,32H2,1H3. The molecule has 0 aromatic heterocycles. The third kappa shape index (κ3) is 5.65. The molecule has 254 valence electrons. The highest BCUT2D eigenvalue weighted by Crippen LogP contribution is 2.48. The van der Waals surface area contributed by atoms with E-state index in [9.17, 15) is 0 Å². The van der Waals surface area contributed by atoms with E-state index in [4.69, 9.17) is 0 Å². The maximum absolute atomic E-state index is 3.97. The van der Waals surface area contributed by atoms with Crippen molar-refractivity contribution >= 4 is 27.2 Å². The van der Waals surface area contributed by atoms with Gasteiger partial charge in [-0.2, -0.15) is 0 Å². The summed E-state index contributed by atoms with van der Waals surface area (Å²) in [6.07, 6.45) is 18.4. The smallest absolute Gasteiger partial charge is 0.0551 e. The summed E-state index contributed by atoms with van der Waals surface area (Å²) in [4.78, 5) is 0. The van der Waals surface area contributed by atoms with Gasteiger partial charge in [0.05, 0.1) is 6.04 Å². The fraction of sp³-hybridized carbons (Fsp3) is 0.115. The number of allylic oxidation sites excluding steroid dienone is 6. The number of rotatable bonds is 6. The summed E-state index contributed by atoms with van der Waals surface area (Å²) in [5.74, 6) is 0.135. The van der Waals surface area contributed by atoms with E-state index in [-0.39, 0.29) is 17.4 Å². The van der Waals surface area contributed by atoms with Gasteiger partial charge in [0.1, 0.15) is 0 Å². The second-order valence-corrected chi connectivity index (χ2v) is 15.2. The first-order valence-corrected chi connectivity index (χ1v) is 18.9. The van der Waals surface area contributed by atoms with Crippen LogP contribution in [-0.2, 0) is 6.42 Å². The quantitative estimate of drug-likeness (QED) is 0.184. The molecule has 0 saturated carbocycles. The molecular formula is C52H41N. The predicted molar refractivity (Wildman–Crippen MR) is 225 cm³/mol. The summed E-state index contributed by atoms with van der Waals surface area (Å²) in [5.41, 5.74) is 14.5. The molecule has 3 atom stereocenters. The summed E-state index contributed by atoms with van der Waals surface area (Å²) in [6.45, 7) is 2.38. The van der Waals surface area contributed by atoms with Gasteiger partial charge in [0.2, 0.25) is 0 Å². The van der Waals surface area contributed by atoms with Crippen molar-refractivity contribution in [1.82, 2.24) is 0 Å². The highest BCUT2D eigenvalue weighted by Gasteiger charge is 2.33. The molecule has 1 heteroatoms. The van der Waals surface area contributed by atoms with Crippen LogP contribution >= 0.6 is 0 Å². The van der Waals surface area contributed by atoms with Crippen LogP contribution in [0, 0.1) is 5.41 Å². The van der Waals surface area contributed by atoms with Crippen LogP contribution in [0.3, 0.4) is 0 Å². The lowest BCUT2D eigenvalue weighted by Crippen LogP contribution is -2.29. The van der Waals surface area contributed by atoms with E-state index in [0.29, 0.717) is 0 Å². The first-order chi connectivity index (χ1) is 26.1. The zero-order valence-corrected chi connectivity index (χ0v) is 30.0. The van der Waals surface area contributed by atoms with E-state index in [1.54, 1.807) is 0 Å². The molecule has 3 unspecified atom stereocenters. The summed E-state index contributed by atoms with van der Waals surface area (Å²) in [7, 11) is 0. The SMILES string of the molecule is CC1(C2=CC(c3cc4c(c5ccccc35)Cc3cc(-c5ccc6ccccc6c5)ccc3-4)C(Nc3ccc(-c4ccccc4)cc3)C=C2)C=CC=CC1. The van der Waals surface area contributed by atoms with Crippen LogP contribution in [0.25, 0.3) is 54.9 Å². The van der Waals surface area contributed by atoms with Crippen LogP contribution in [0.5, 0.6) is 0 Å². The molecule has 3 aliphatic carbocycles. The molecular weight excluding hydrogens is 639 g/mol. The van der Waals surface area contributed by atoms with Gasteiger partial charge < -0.3 is 5.32 Å². The molecule has 0 aliphatic heterocycles. The van der Waals surface area contributed by atoms with Crippen molar-refractivity contribution in [2.45, 2.75) is 31.7 Å². The van der Waals surface area contributed by atoms with Crippen LogP contribution in [0.4, 0.5) is 5.69 Å². The highest BCUT2D eigenvalue weighted by atomic mass is 14.9. The van der Waals surface area contributed by atoms with Crippen molar-refractivity contribution in [1.29, 1.82) is 0 Å².